The Balaban J connectivity index is 1.82. The highest BCUT2D eigenvalue weighted by molar-refractivity contribution is 5.77. The summed E-state index contributed by atoms with van der Waals surface area (Å²) in [6.07, 6.45) is 2.95. The summed E-state index contributed by atoms with van der Waals surface area (Å²) >= 11 is 0. The Hall–Kier alpha value is -3.36. The minimum absolute atomic E-state index is 0.0123. The number of benzene rings is 2. The zero-order valence-corrected chi connectivity index (χ0v) is 13.6. The molecule has 1 aliphatic rings. The van der Waals surface area contributed by atoms with E-state index < -0.39 is 24.3 Å². The molecule has 5 nitrogen and oxygen atoms in total. The number of aromatic nitrogens is 3. The van der Waals surface area contributed by atoms with Crippen LogP contribution in [0.2, 0.25) is 0 Å². The molecule has 0 aliphatic carbocycles. The number of nitrogens with one attached hydrogen (secondary N) is 1. The van der Waals surface area contributed by atoms with Gasteiger partial charge in [-0.25, -0.2) is 13.5 Å². The van der Waals surface area contributed by atoms with Crippen LogP contribution in [0.5, 0.6) is 5.75 Å². The van der Waals surface area contributed by atoms with Crippen LogP contribution in [-0.4, -0.2) is 21.4 Å². The highest BCUT2D eigenvalue weighted by atomic mass is 19.3. The third kappa shape index (κ3) is 3.23. The number of alkyl halides is 2. The van der Waals surface area contributed by atoms with E-state index in [0.29, 0.717) is 22.8 Å². The van der Waals surface area contributed by atoms with Crippen LogP contribution in [0.1, 0.15) is 17.2 Å². The normalized spacial score (nSPS) is 15.9. The van der Waals surface area contributed by atoms with Gasteiger partial charge in [-0.1, -0.05) is 18.2 Å². The molecule has 1 N–H and O–H groups in total. The van der Waals surface area contributed by atoms with E-state index in [0.717, 1.165) is 12.1 Å². The first-order chi connectivity index (χ1) is 13.0. The summed E-state index contributed by atoms with van der Waals surface area (Å²) in [5.41, 5.74) is 1.23. The number of hydrogen-bond donors (Lipinski definition) is 1. The van der Waals surface area contributed by atoms with Gasteiger partial charge in [0.15, 0.2) is 11.6 Å². The van der Waals surface area contributed by atoms with Gasteiger partial charge in [-0.2, -0.15) is 18.9 Å². The summed E-state index contributed by atoms with van der Waals surface area (Å²) < 4.78 is 58.5. The first kappa shape index (κ1) is 17.1. The molecule has 3 aromatic rings. The third-order valence-corrected chi connectivity index (χ3v) is 4.09. The van der Waals surface area contributed by atoms with Crippen molar-refractivity contribution in [3.63, 3.8) is 0 Å². The van der Waals surface area contributed by atoms with E-state index in [1.807, 2.05) is 0 Å². The molecule has 0 bridgehead atoms. The fourth-order valence-electron chi connectivity index (χ4n) is 2.92. The molecule has 2 heterocycles. The van der Waals surface area contributed by atoms with E-state index >= 15 is 0 Å². The van der Waals surface area contributed by atoms with Crippen LogP contribution in [0, 0.1) is 11.6 Å². The van der Waals surface area contributed by atoms with E-state index in [4.69, 9.17) is 0 Å². The smallest absolute Gasteiger partial charge is 0.387 e. The Kier molecular flexibility index (Phi) is 4.27. The molecule has 0 saturated carbocycles. The Bertz CT molecular complexity index is 1020. The van der Waals surface area contributed by atoms with Crippen molar-refractivity contribution in [1.29, 1.82) is 0 Å². The van der Waals surface area contributed by atoms with Crippen molar-refractivity contribution < 1.29 is 22.3 Å². The summed E-state index contributed by atoms with van der Waals surface area (Å²) in [4.78, 5) is 4.08. The topological polar surface area (TPSA) is 52.0 Å². The van der Waals surface area contributed by atoms with E-state index in [-0.39, 0.29) is 5.75 Å². The summed E-state index contributed by atoms with van der Waals surface area (Å²) in [6.45, 7) is -2.99. The second-order valence-electron chi connectivity index (χ2n) is 5.72. The van der Waals surface area contributed by atoms with Gasteiger partial charge in [0.25, 0.3) is 0 Å². The molecular weight excluding hydrogens is 364 g/mol. The maximum atomic E-state index is 13.6. The summed E-state index contributed by atoms with van der Waals surface area (Å²) in [6, 6.07) is 9.11. The van der Waals surface area contributed by atoms with Crippen molar-refractivity contribution in [2.45, 2.75) is 12.7 Å². The molecule has 4 rings (SSSR count). The number of halogens is 4. The molecule has 138 valence electrons. The maximum Gasteiger partial charge on any atom is 0.387 e. The fraction of sp³-hybridized carbons (Fsp3) is 0.111. The highest BCUT2D eigenvalue weighted by Crippen LogP contribution is 2.36. The lowest BCUT2D eigenvalue weighted by Crippen LogP contribution is -2.21. The van der Waals surface area contributed by atoms with Crippen LogP contribution in [-0.2, 0) is 0 Å². The minimum Gasteiger partial charge on any atom is -0.434 e. The SMILES string of the molecule is Fc1ccc(C2=CC(c3ccccc3OC(F)F)n3ncnc3N2)cc1F. The average molecular weight is 376 g/mol. The molecule has 27 heavy (non-hydrogen) atoms. The summed E-state index contributed by atoms with van der Waals surface area (Å²) in [5, 5.41) is 7.09. The first-order valence-corrected chi connectivity index (χ1v) is 7.90. The molecule has 1 atom stereocenters. The van der Waals surface area contributed by atoms with Crippen molar-refractivity contribution in [2.75, 3.05) is 5.32 Å². The third-order valence-electron chi connectivity index (χ3n) is 4.09. The summed E-state index contributed by atoms with van der Waals surface area (Å²) in [5.74, 6) is -1.65. The highest BCUT2D eigenvalue weighted by Gasteiger charge is 2.26. The lowest BCUT2D eigenvalue weighted by molar-refractivity contribution is -0.0506. The zero-order valence-electron chi connectivity index (χ0n) is 13.6. The quantitative estimate of drug-likeness (QED) is 0.693. The van der Waals surface area contributed by atoms with Crippen LogP contribution >= 0.6 is 0 Å². The first-order valence-electron chi connectivity index (χ1n) is 7.90. The van der Waals surface area contributed by atoms with E-state index in [9.17, 15) is 17.6 Å². The van der Waals surface area contributed by atoms with Gasteiger partial charge in [0.2, 0.25) is 5.95 Å². The van der Waals surface area contributed by atoms with Gasteiger partial charge in [0, 0.05) is 16.8 Å². The monoisotopic (exact) mass is 376 g/mol. The number of fused-ring (bicyclic) bond motifs is 1. The van der Waals surface area contributed by atoms with Gasteiger partial charge in [0.1, 0.15) is 18.1 Å². The summed E-state index contributed by atoms with van der Waals surface area (Å²) in [7, 11) is 0. The molecular formula is C18H12F4N4O. The number of ether oxygens (including phenoxy) is 1. The predicted octanol–water partition coefficient (Wildman–Crippen LogP) is 4.21. The Morgan fingerprint density at radius 1 is 1.07 bits per heavy atom. The number of rotatable bonds is 4. The number of anilines is 1. The molecule has 0 fully saturated rings. The Labute approximate surface area is 150 Å². The van der Waals surface area contributed by atoms with E-state index in [1.54, 1.807) is 24.3 Å². The van der Waals surface area contributed by atoms with Crippen molar-refractivity contribution in [1.82, 2.24) is 14.8 Å². The standard InChI is InChI=1S/C18H12F4N4O/c19-12-6-5-10(7-13(12)20)14-8-15(26-18(25-14)23-9-24-26)11-3-1-2-4-16(11)27-17(21)22/h1-9,15,17H,(H,23,24,25). The molecule has 0 saturated heterocycles. The molecule has 0 spiro atoms. The van der Waals surface area contributed by atoms with Crippen molar-refractivity contribution in [3.8, 4) is 5.75 Å². The van der Waals surface area contributed by atoms with Crippen molar-refractivity contribution >= 4 is 11.6 Å². The van der Waals surface area contributed by atoms with Crippen LogP contribution in [0.3, 0.4) is 0 Å². The zero-order chi connectivity index (χ0) is 19.0. The van der Waals surface area contributed by atoms with Crippen molar-refractivity contribution in [3.05, 3.63) is 77.6 Å². The van der Waals surface area contributed by atoms with E-state index in [2.05, 4.69) is 20.1 Å². The predicted molar refractivity (Wildman–Crippen MR) is 89.2 cm³/mol. The van der Waals surface area contributed by atoms with Crippen LogP contribution in [0.25, 0.3) is 5.70 Å². The minimum atomic E-state index is -2.99. The Morgan fingerprint density at radius 3 is 2.67 bits per heavy atom. The van der Waals surface area contributed by atoms with Crippen LogP contribution in [0.4, 0.5) is 23.5 Å². The molecule has 9 heteroatoms. The molecule has 0 amide bonds. The lowest BCUT2D eigenvalue weighted by Gasteiger charge is -2.25. The lowest BCUT2D eigenvalue weighted by atomic mass is 10.0. The van der Waals surface area contributed by atoms with Gasteiger partial charge in [-0.05, 0) is 30.3 Å². The Morgan fingerprint density at radius 2 is 1.89 bits per heavy atom. The van der Waals surface area contributed by atoms with E-state index in [1.165, 1.54) is 23.1 Å². The second kappa shape index (κ2) is 6.75. The number of allylic oxidation sites excluding steroid dienone is 1. The van der Waals surface area contributed by atoms with Gasteiger partial charge in [-0.15, -0.1) is 0 Å². The largest absolute Gasteiger partial charge is 0.434 e. The molecule has 0 radical (unpaired) electrons. The number of nitrogens with zero attached hydrogens (tertiary/aromatic N) is 3. The molecule has 2 aromatic carbocycles. The molecule has 1 aromatic heterocycles. The second-order valence-corrected chi connectivity index (χ2v) is 5.72. The van der Waals surface area contributed by atoms with Crippen LogP contribution in [0.15, 0.2) is 54.9 Å². The number of para-hydroxylation sites is 1. The average Bonchev–Trinajstić information content (AvgIpc) is 3.12. The van der Waals surface area contributed by atoms with Gasteiger partial charge < -0.3 is 10.1 Å². The van der Waals surface area contributed by atoms with Gasteiger partial charge in [0.05, 0.1) is 0 Å². The molecule has 1 unspecified atom stereocenters. The number of hydrogen-bond acceptors (Lipinski definition) is 4. The molecule has 1 aliphatic heterocycles. The fourth-order valence-corrected chi connectivity index (χ4v) is 2.92. The van der Waals surface area contributed by atoms with Gasteiger partial charge in [-0.3, -0.25) is 0 Å². The maximum absolute atomic E-state index is 13.6. The van der Waals surface area contributed by atoms with Gasteiger partial charge >= 0.3 is 6.61 Å². The van der Waals surface area contributed by atoms with Crippen LogP contribution < -0.4 is 10.1 Å². The van der Waals surface area contributed by atoms with Crippen molar-refractivity contribution in [2.24, 2.45) is 0 Å².